The third-order valence-electron chi connectivity index (χ3n) is 2.74. The monoisotopic (exact) mass is 282 g/mol. The fourth-order valence-electron chi connectivity index (χ4n) is 1.57. The van der Waals surface area contributed by atoms with E-state index in [2.05, 4.69) is 0 Å². The van der Waals surface area contributed by atoms with Crippen LogP contribution in [0.5, 0.6) is 5.75 Å². The molecule has 2 rings (SSSR count). The summed E-state index contributed by atoms with van der Waals surface area (Å²) < 4.78 is 10.9. The van der Waals surface area contributed by atoms with Crippen LogP contribution in [0.2, 0.25) is 5.02 Å². The second-order valence-corrected chi connectivity index (χ2v) is 4.81. The van der Waals surface area contributed by atoms with Gasteiger partial charge >= 0.3 is 5.97 Å². The van der Waals surface area contributed by atoms with Gasteiger partial charge in [0.1, 0.15) is 5.75 Å². The number of para-hydroxylation sites is 1. The Balaban J connectivity index is 1.97. The molecule has 0 atom stereocenters. The summed E-state index contributed by atoms with van der Waals surface area (Å²) in [6, 6.07) is 5.17. The van der Waals surface area contributed by atoms with Gasteiger partial charge in [0.25, 0.3) is 0 Å². The summed E-state index contributed by atoms with van der Waals surface area (Å²) in [5, 5.41) is 9.06. The van der Waals surface area contributed by atoms with Crippen molar-refractivity contribution in [3.05, 3.63) is 34.9 Å². The second-order valence-electron chi connectivity index (χ2n) is 4.41. The van der Waals surface area contributed by atoms with Crippen molar-refractivity contribution in [3.63, 3.8) is 0 Å². The van der Waals surface area contributed by atoms with E-state index in [1.54, 1.807) is 18.2 Å². The molecule has 4 nitrogen and oxygen atoms in total. The van der Waals surface area contributed by atoms with Crippen LogP contribution < -0.4 is 4.74 Å². The predicted molar refractivity (Wildman–Crippen MR) is 72.3 cm³/mol. The number of benzene rings is 1. The Bertz CT molecular complexity index is 480. The molecule has 1 saturated carbocycles. The lowest BCUT2D eigenvalue weighted by molar-refractivity contribution is -0.131. The van der Waals surface area contributed by atoms with Crippen molar-refractivity contribution in [1.82, 2.24) is 0 Å². The number of rotatable bonds is 7. The van der Waals surface area contributed by atoms with E-state index in [1.807, 2.05) is 0 Å². The number of halogens is 1. The maximum absolute atomic E-state index is 10.5. The number of carbonyl (C=O) groups is 1. The molecule has 0 aromatic heterocycles. The first-order valence-corrected chi connectivity index (χ1v) is 6.44. The minimum absolute atomic E-state index is 0.119. The van der Waals surface area contributed by atoms with Gasteiger partial charge in [-0.2, -0.15) is 0 Å². The van der Waals surface area contributed by atoms with Crippen LogP contribution in [-0.4, -0.2) is 24.5 Å². The Labute approximate surface area is 116 Å². The maximum atomic E-state index is 10.5. The molecule has 19 heavy (non-hydrogen) atoms. The average Bonchev–Trinajstić information content (AvgIpc) is 3.18. The highest BCUT2D eigenvalue weighted by Gasteiger charge is 2.21. The van der Waals surface area contributed by atoms with E-state index < -0.39 is 5.97 Å². The van der Waals surface area contributed by atoms with Crippen LogP contribution in [0, 0.1) is 5.92 Å². The largest absolute Gasteiger partial charge is 0.478 e. The molecule has 102 valence electrons. The first-order chi connectivity index (χ1) is 9.16. The van der Waals surface area contributed by atoms with Crippen molar-refractivity contribution in [2.75, 3.05) is 13.4 Å². The highest BCUT2D eigenvalue weighted by molar-refractivity contribution is 6.32. The lowest BCUT2D eigenvalue weighted by Crippen LogP contribution is -2.06. The number of hydrogen-bond donors (Lipinski definition) is 1. The number of hydrogen-bond acceptors (Lipinski definition) is 3. The Kier molecular flexibility index (Phi) is 4.82. The van der Waals surface area contributed by atoms with Crippen LogP contribution in [-0.2, 0) is 9.53 Å². The van der Waals surface area contributed by atoms with Gasteiger partial charge in [0.15, 0.2) is 6.79 Å². The van der Waals surface area contributed by atoms with Crippen LogP contribution in [0.3, 0.4) is 0 Å². The minimum Gasteiger partial charge on any atom is -0.478 e. The molecule has 1 aromatic carbocycles. The zero-order valence-corrected chi connectivity index (χ0v) is 11.1. The Morgan fingerprint density at radius 2 is 2.26 bits per heavy atom. The molecule has 0 heterocycles. The molecule has 0 bridgehead atoms. The number of ether oxygens (including phenoxy) is 2. The molecule has 0 saturated heterocycles. The lowest BCUT2D eigenvalue weighted by atomic mass is 10.2. The van der Waals surface area contributed by atoms with Gasteiger partial charge in [-0.1, -0.05) is 23.7 Å². The first kappa shape index (κ1) is 13.9. The van der Waals surface area contributed by atoms with Crippen LogP contribution in [0.4, 0.5) is 0 Å². The number of carboxylic acids is 1. The van der Waals surface area contributed by atoms with E-state index in [0.717, 1.165) is 6.08 Å². The minimum atomic E-state index is -1.02. The van der Waals surface area contributed by atoms with Gasteiger partial charge in [-0.3, -0.25) is 0 Å². The quantitative estimate of drug-likeness (QED) is 0.474. The van der Waals surface area contributed by atoms with Crippen molar-refractivity contribution >= 4 is 23.6 Å². The Morgan fingerprint density at radius 3 is 2.95 bits per heavy atom. The second kappa shape index (κ2) is 6.59. The molecule has 0 unspecified atom stereocenters. The first-order valence-electron chi connectivity index (χ1n) is 6.07. The van der Waals surface area contributed by atoms with Crippen molar-refractivity contribution in [3.8, 4) is 5.75 Å². The van der Waals surface area contributed by atoms with E-state index in [0.29, 0.717) is 28.9 Å². The smallest absolute Gasteiger partial charge is 0.328 e. The van der Waals surface area contributed by atoms with E-state index in [9.17, 15) is 4.79 Å². The van der Waals surface area contributed by atoms with Gasteiger partial charge < -0.3 is 14.6 Å². The van der Waals surface area contributed by atoms with E-state index in [4.69, 9.17) is 26.2 Å². The van der Waals surface area contributed by atoms with Crippen molar-refractivity contribution in [2.24, 2.45) is 5.92 Å². The molecule has 0 spiro atoms. The zero-order chi connectivity index (χ0) is 13.7. The Hall–Kier alpha value is -1.52. The predicted octanol–water partition coefficient (Wildman–Crippen LogP) is 3.20. The summed E-state index contributed by atoms with van der Waals surface area (Å²) in [5.74, 6) is 0.0922. The summed E-state index contributed by atoms with van der Waals surface area (Å²) in [6.45, 7) is 0.818. The molecule has 1 N–H and O–H groups in total. The summed E-state index contributed by atoms with van der Waals surface area (Å²) in [4.78, 5) is 10.5. The molecule has 1 aliphatic rings. The maximum Gasteiger partial charge on any atom is 0.328 e. The summed E-state index contributed by atoms with van der Waals surface area (Å²) in [6.07, 6.45) is 4.94. The molecule has 1 fully saturated rings. The van der Waals surface area contributed by atoms with Gasteiger partial charge in [-0.05, 0) is 30.9 Å². The molecule has 5 heteroatoms. The van der Waals surface area contributed by atoms with Crippen LogP contribution >= 0.6 is 11.6 Å². The van der Waals surface area contributed by atoms with Crippen LogP contribution in [0.15, 0.2) is 24.3 Å². The molecule has 0 aliphatic heterocycles. The fraction of sp³-hybridized carbons (Fsp3) is 0.357. The van der Waals surface area contributed by atoms with Crippen molar-refractivity contribution in [1.29, 1.82) is 0 Å². The van der Waals surface area contributed by atoms with E-state index in [1.165, 1.54) is 18.9 Å². The third-order valence-corrected chi connectivity index (χ3v) is 3.04. The molecular formula is C14H15ClO4. The van der Waals surface area contributed by atoms with Gasteiger partial charge in [-0.15, -0.1) is 0 Å². The van der Waals surface area contributed by atoms with Gasteiger partial charge in [0, 0.05) is 11.6 Å². The topological polar surface area (TPSA) is 55.8 Å². The third kappa shape index (κ3) is 4.58. The van der Waals surface area contributed by atoms with E-state index in [-0.39, 0.29) is 6.79 Å². The number of aliphatic carboxylic acids is 1. The zero-order valence-electron chi connectivity index (χ0n) is 10.3. The number of carboxylic acid groups (broad SMARTS) is 1. The molecular weight excluding hydrogens is 268 g/mol. The molecule has 0 amide bonds. The van der Waals surface area contributed by atoms with Crippen molar-refractivity contribution in [2.45, 2.75) is 12.8 Å². The molecule has 1 aliphatic carbocycles. The van der Waals surface area contributed by atoms with E-state index >= 15 is 0 Å². The average molecular weight is 283 g/mol. The van der Waals surface area contributed by atoms with Crippen LogP contribution in [0.1, 0.15) is 18.4 Å². The molecule has 0 radical (unpaired) electrons. The van der Waals surface area contributed by atoms with Gasteiger partial charge in [0.2, 0.25) is 0 Å². The van der Waals surface area contributed by atoms with Gasteiger partial charge in [0.05, 0.1) is 11.6 Å². The summed E-state index contributed by atoms with van der Waals surface area (Å²) in [5.41, 5.74) is 0.616. The van der Waals surface area contributed by atoms with Gasteiger partial charge in [-0.25, -0.2) is 4.79 Å². The SMILES string of the molecule is O=C(O)/C=C/c1cccc(Cl)c1OCOCC1CC1. The highest BCUT2D eigenvalue weighted by atomic mass is 35.5. The van der Waals surface area contributed by atoms with Crippen LogP contribution in [0.25, 0.3) is 6.08 Å². The summed E-state index contributed by atoms with van der Waals surface area (Å²) >= 11 is 6.04. The molecule has 1 aromatic rings. The highest BCUT2D eigenvalue weighted by Crippen LogP contribution is 2.31. The fourth-order valence-corrected chi connectivity index (χ4v) is 1.81. The van der Waals surface area contributed by atoms with Crippen molar-refractivity contribution < 1.29 is 19.4 Å². The lowest BCUT2D eigenvalue weighted by Gasteiger charge is -2.11. The standard InChI is InChI=1S/C14H15ClO4/c15-12-3-1-2-11(6-7-13(16)17)14(12)19-9-18-8-10-4-5-10/h1-3,6-7,10H,4-5,8-9H2,(H,16,17)/b7-6+. The Morgan fingerprint density at radius 1 is 1.47 bits per heavy atom. The normalized spacial score (nSPS) is 14.8. The summed E-state index contributed by atoms with van der Waals surface area (Å²) in [7, 11) is 0.